The molecule has 0 radical (unpaired) electrons. The van der Waals surface area contributed by atoms with E-state index in [4.69, 9.17) is 9.15 Å². The van der Waals surface area contributed by atoms with Gasteiger partial charge in [0.05, 0.1) is 16.8 Å². The Hall–Kier alpha value is -2.86. The largest absolute Gasteiger partial charge is 0.494 e. The summed E-state index contributed by atoms with van der Waals surface area (Å²) in [7, 11) is 0. The fraction of sp³-hybridized carbons (Fsp3) is 0.158. The van der Waals surface area contributed by atoms with E-state index in [1.807, 2.05) is 56.3 Å². The maximum atomic E-state index is 12.6. The van der Waals surface area contributed by atoms with Crippen LogP contribution in [0.2, 0.25) is 0 Å². The molecule has 0 aliphatic carbocycles. The minimum absolute atomic E-state index is 0.294. The Kier molecular flexibility index (Phi) is 3.89. The summed E-state index contributed by atoms with van der Waals surface area (Å²) in [4.78, 5) is 17.0. The number of aromatic nitrogens is 1. The molecule has 0 aliphatic heterocycles. The lowest BCUT2D eigenvalue weighted by Gasteiger charge is -2.00. The van der Waals surface area contributed by atoms with Crippen LogP contribution in [0.5, 0.6) is 5.75 Å². The van der Waals surface area contributed by atoms with E-state index in [1.165, 1.54) is 11.3 Å². The number of nitrogens with one attached hydrogen (secondary N) is 1. The first-order valence-corrected chi connectivity index (χ1v) is 8.80. The predicted octanol–water partition coefficient (Wildman–Crippen LogP) is 5.00. The minimum atomic E-state index is -0.294. The van der Waals surface area contributed by atoms with Crippen molar-refractivity contribution in [1.29, 1.82) is 0 Å². The highest BCUT2D eigenvalue weighted by Crippen LogP contribution is 2.30. The smallest absolute Gasteiger partial charge is 0.293 e. The molecule has 0 spiro atoms. The molecule has 4 rings (SSSR count). The summed E-state index contributed by atoms with van der Waals surface area (Å²) in [5.74, 6) is 0.818. The highest BCUT2D eigenvalue weighted by Gasteiger charge is 2.18. The molecule has 0 unspecified atom stereocenters. The number of carbonyl (C=O) groups excluding carboxylic acids is 1. The molecule has 1 amide bonds. The molecule has 0 bridgehead atoms. The standard InChI is InChI=1S/C19H16N2O3S/c1-3-23-12-8-9-14-16(10-12)25-19(20-14)21-18(22)17-11(2)13-6-4-5-7-15(13)24-17/h4-10H,3H2,1-2H3,(H,20,21,22). The number of benzene rings is 2. The minimum Gasteiger partial charge on any atom is -0.494 e. The topological polar surface area (TPSA) is 64.4 Å². The van der Waals surface area contributed by atoms with E-state index in [9.17, 15) is 4.79 Å². The number of hydrogen-bond acceptors (Lipinski definition) is 5. The lowest BCUT2D eigenvalue weighted by atomic mass is 10.1. The van der Waals surface area contributed by atoms with Gasteiger partial charge in [0.2, 0.25) is 0 Å². The van der Waals surface area contributed by atoms with Crippen molar-refractivity contribution in [2.45, 2.75) is 13.8 Å². The Labute approximate surface area is 148 Å². The first-order valence-electron chi connectivity index (χ1n) is 7.98. The molecule has 6 heteroatoms. The number of rotatable bonds is 4. The molecule has 5 nitrogen and oxygen atoms in total. The third-order valence-corrected chi connectivity index (χ3v) is 4.87. The van der Waals surface area contributed by atoms with E-state index in [-0.39, 0.29) is 5.91 Å². The van der Waals surface area contributed by atoms with Gasteiger partial charge >= 0.3 is 0 Å². The zero-order valence-electron chi connectivity index (χ0n) is 13.8. The number of aryl methyl sites for hydroxylation is 1. The van der Waals surface area contributed by atoms with Crippen molar-refractivity contribution in [2.24, 2.45) is 0 Å². The van der Waals surface area contributed by atoms with Crippen LogP contribution in [0.25, 0.3) is 21.2 Å². The van der Waals surface area contributed by atoms with Crippen molar-refractivity contribution in [3.8, 4) is 5.75 Å². The number of amides is 1. The second kappa shape index (κ2) is 6.22. The van der Waals surface area contributed by atoms with Gasteiger partial charge in [-0.2, -0.15) is 0 Å². The highest BCUT2D eigenvalue weighted by atomic mass is 32.1. The number of anilines is 1. The fourth-order valence-electron chi connectivity index (χ4n) is 2.76. The lowest BCUT2D eigenvalue weighted by molar-refractivity contribution is 0.0998. The van der Waals surface area contributed by atoms with Gasteiger partial charge in [-0.1, -0.05) is 29.5 Å². The summed E-state index contributed by atoms with van der Waals surface area (Å²) >= 11 is 1.41. The molecule has 0 saturated carbocycles. The monoisotopic (exact) mass is 352 g/mol. The Morgan fingerprint density at radius 3 is 2.92 bits per heavy atom. The first kappa shape index (κ1) is 15.7. The van der Waals surface area contributed by atoms with Gasteiger partial charge in [0.15, 0.2) is 10.9 Å². The van der Waals surface area contributed by atoms with Gasteiger partial charge in [-0.15, -0.1) is 0 Å². The van der Waals surface area contributed by atoms with E-state index in [1.54, 1.807) is 0 Å². The Bertz CT molecular complexity index is 1080. The molecule has 2 heterocycles. The van der Waals surface area contributed by atoms with Gasteiger partial charge in [0.1, 0.15) is 11.3 Å². The molecular weight excluding hydrogens is 336 g/mol. The number of furan rings is 1. The van der Waals surface area contributed by atoms with Crippen LogP contribution in [0.1, 0.15) is 23.0 Å². The number of nitrogens with zero attached hydrogens (tertiary/aromatic N) is 1. The molecule has 126 valence electrons. The van der Waals surface area contributed by atoms with Gasteiger partial charge < -0.3 is 9.15 Å². The Morgan fingerprint density at radius 2 is 2.12 bits per heavy atom. The molecule has 2 aromatic heterocycles. The maximum Gasteiger partial charge on any atom is 0.293 e. The summed E-state index contributed by atoms with van der Waals surface area (Å²) in [6, 6.07) is 13.3. The van der Waals surface area contributed by atoms with E-state index in [0.29, 0.717) is 23.1 Å². The van der Waals surface area contributed by atoms with E-state index >= 15 is 0 Å². The van der Waals surface area contributed by atoms with Gasteiger partial charge in [0.25, 0.3) is 5.91 Å². The number of para-hydroxylation sites is 1. The second-order valence-corrected chi connectivity index (χ2v) is 6.62. The van der Waals surface area contributed by atoms with Gasteiger partial charge in [0, 0.05) is 10.9 Å². The van der Waals surface area contributed by atoms with Gasteiger partial charge in [-0.3, -0.25) is 10.1 Å². The van der Waals surface area contributed by atoms with Crippen molar-refractivity contribution in [2.75, 3.05) is 11.9 Å². The van der Waals surface area contributed by atoms with E-state index in [2.05, 4.69) is 10.3 Å². The predicted molar refractivity (Wildman–Crippen MR) is 99.7 cm³/mol. The molecule has 4 aromatic rings. The molecule has 0 aliphatic rings. The second-order valence-electron chi connectivity index (χ2n) is 5.59. The number of hydrogen-bond donors (Lipinski definition) is 1. The van der Waals surface area contributed by atoms with Crippen LogP contribution in [0.3, 0.4) is 0 Å². The molecule has 0 fully saturated rings. The Balaban J connectivity index is 1.63. The lowest BCUT2D eigenvalue weighted by Crippen LogP contribution is -2.11. The third kappa shape index (κ3) is 2.85. The van der Waals surface area contributed by atoms with Crippen molar-refractivity contribution in [1.82, 2.24) is 4.98 Å². The number of ether oxygens (including phenoxy) is 1. The van der Waals surface area contributed by atoms with E-state index < -0.39 is 0 Å². The highest BCUT2D eigenvalue weighted by molar-refractivity contribution is 7.22. The maximum absolute atomic E-state index is 12.6. The third-order valence-electron chi connectivity index (χ3n) is 3.94. The molecule has 0 saturated heterocycles. The number of thiazole rings is 1. The van der Waals surface area contributed by atoms with Crippen LogP contribution in [-0.4, -0.2) is 17.5 Å². The van der Waals surface area contributed by atoms with Crippen molar-refractivity contribution in [3.63, 3.8) is 0 Å². The average Bonchev–Trinajstić information content (AvgIpc) is 3.16. The molecular formula is C19H16N2O3S. The quantitative estimate of drug-likeness (QED) is 0.561. The molecule has 25 heavy (non-hydrogen) atoms. The molecule has 2 aromatic carbocycles. The van der Waals surface area contributed by atoms with Gasteiger partial charge in [-0.05, 0) is 38.1 Å². The van der Waals surface area contributed by atoms with Crippen LogP contribution in [0.15, 0.2) is 46.9 Å². The normalized spacial score (nSPS) is 11.1. The van der Waals surface area contributed by atoms with Crippen LogP contribution in [-0.2, 0) is 0 Å². The zero-order chi connectivity index (χ0) is 17.4. The molecule has 0 atom stereocenters. The Morgan fingerprint density at radius 1 is 1.28 bits per heavy atom. The summed E-state index contributed by atoms with van der Waals surface area (Å²) < 4.78 is 12.2. The van der Waals surface area contributed by atoms with Crippen molar-refractivity contribution in [3.05, 3.63) is 53.8 Å². The summed E-state index contributed by atoms with van der Waals surface area (Å²) in [6.45, 7) is 4.44. The zero-order valence-corrected chi connectivity index (χ0v) is 14.6. The first-order chi connectivity index (χ1) is 12.2. The number of fused-ring (bicyclic) bond motifs is 2. The average molecular weight is 352 g/mol. The summed E-state index contributed by atoms with van der Waals surface area (Å²) in [5.41, 5.74) is 2.36. The van der Waals surface area contributed by atoms with Gasteiger partial charge in [-0.25, -0.2) is 4.98 Å². The van der Waals surface area contributed by atoms with Crippen LogP contribution >= 0.6 is 11.3 Å². The van der Waals surface area contributed by atoms with Crippen molar-refractivity contribution >= 4 is 43.6 Å². The summed E-state index contributed by atoms with van der Waals surface area (Å²) in [6.07, 6.45) is 0. The van der Waals surface area contributed by atoms with Crippen LogP contribution in [0, 0.1) is 6.92 Å². The fourth-order valence-corrected chi connectivity index (χ4v) is 3.65. The molecule has 1 N–H and O–H groups in total. The number of carbonyl (C=O) groups is 1. The van der Waals surface area contributed by atoms with E-state index in [0.717, 1.165) is 26.9 Å². The SMILES string of the molecule is CCOc1ccc2nc(NC(=O)c3oc4ccccc4c3C)sc2c1. The van der Waals surface area contributed by atoms with Crippen LogP contribution in [0.4, 0.5) is 5.13 Å². The van der Waals surface area contributed by atoms with Crippen LogP contribution < -0.4 is 10.1 Å². The summed E-state index contributed by atoms with van der Waals surface area (Å²) in [5, 5.41) is 4.31. The van der Waals surface area contributed by atoms with Crippen molar-refractivity contribution < 1.29 is 13.9 Å².